The Morgan fingerprint density at radius 2 is 1.79 bits per heavy atom. The van der Waals surface area contributed by atoms with Crippen LogP contribution < -0.4 is 10.7 Å². The molecule has 3 aromatic carbocycles. The van der Waals surface area contributed by atoms with Crippen LogP contribution in [-0.2, 0) is 4.74 Å². The molecule has 0 saturated carbocycles. The van der Waals surface area contributed by atoms with Gasteiger partial charge in [0.1, 0.15) is 16.9 Å². The van der Waals surface area contributed by atoms with Crippen LogP contribution in [0.15, 0.2) is 69.9 Å². The number of aromatic amines is 1. The van der Waals surface area contributed by atoms with Crippen molar-refractivity contribution < 1.29 is 13.9 Å². The van der Waals surface area contributed by atoms with Crippen LogP contribution in [0.1, 0.15) is 60.9 Å². The largest absolute Gasteiger partial charge is 0.456 e. The molecular weight excluding hydrogens is 478 g/mol. The molecular formula is C31H31N3O4. The highest BCUT2D eigenvalue weighted by atomic mass is 16.6. The van der Waals surface area contributed by atoms with Crippen molar-refractivity contribution in [2.24, 2.45) is 0 Å². The van der Waals surface area contributed by atoms with E-state index in [1.54, 1.807) is 12.1 Å². The quantitative estimate of drug-likeness (QED) is 0.246. The summed E-state index contributed by atoms with van der Waals surface area (Å²) < 4.78 is 12.0. The summed E-state index contributed by atoms with van der Waals surface area (Å²) in [6.45, 7) is 11.4. The number of fused-ring (bicyclic) bond motifs is 2. The summed E-state index contributed by atoms with van der Waals surface area (Å²) in [5, 5.41) is 12.2. The van der Waals surface area contributed by atoms with E-state index < -0.39 is 11.6 Å². The number of anilines is 1. The van der Waals surface area contributed by atoms with Gasteiger partial charge >= 0.3 is 5.97 Å². The molecule has 5 aromatic rings. The Balaban J connectivity index is 1.58. The van der Waals surface area contributed by atoms with Crippen LogP contribution in [0.2, 0.25) is 0 Å². The van der Waals surface area contributed by atoms with Crippen LogP contribution in [0.5, 0.6) is 0 Å². The second kappa shape index (κ2) is 9.49. The third-order valence-corrected chi connectivity index (χ3v) is 6.42. The average Bonchev–Trinajstić information content (AvgIpc) is 3.23. The van der Waals surface area contributed by atoms with E-state index in [1.807, 2.05) is 84.0 Å². The highest BCUT2D eigenvalue weighted by molar-refractivity contribution is 5.96. The van der Waals surface area contributed by atoms with Crippen molar-refractivity contribution in [2.75, 3.05) is 5.32 Å². The molecule has 7 nitrogen and oxygen atoms in total. The molecule has 0 radical (unpaired) electrons. The number of carbonyl (C=O) groups excluding carboxylic acids is 1. The molecule has 7 heteroatoms. The first-order chi connectivity index (χ1) is 18.0. The third-order valence-electron chi connectivity index (χ3n) is 6.42. The van der Waals surface area contributed by atoms with Crippen molar-refractivity contribution in [1.82, 2.24) is 10.2 Å². The smallest absolute Gasteiger partial charge is 0.340 e. The number of para-hydroxylation sites is 1. The molecule has 0 bridgehead atoms. The highest BCUT2D eigenvalue weighted by Crippen LogP contribution is 2.32. The minimum absolute atomic E-state index is 0.114. The number of hydrogen-bond acceptors (Lipinski definition) is 6. The zero-order valence-electron chi connectivity index (χ0n) is 22.4. The van der Waals surface area contributed by atoms with Gasteiger partial charge < -0.3 is 14.5 Å². The maximum atomic E-state index is 13.3. The second-order valence-electron chi connectivity index (χ2n) is 10.7. The lowest BCUT2D eigenvalue weighted by atomic mass is 10.00. The van der Waals surface area contributed by atoms with Crippen molar-refractivity contribution in [1.29, 1.82) is 0 Å². The minimum Gasteiger partial charge on any atom is -0.456 e. The van der Waals surface area contributed by atoms with Crippen LogP contribution in [0.4, 0.5) is 5.69 Å². The van der Waals surface area contributed by atoms with Gasteiger partial charge in [-0.3, -0.25) is 9.89 Å². The number of esters is 1. The first kappa shape index (κ1) is 25.3. The Bertz CT molecular complexity index is 1740. The Labute approximate surface area is 220 Å². The lowest BCUT2D eigenvalue weighted by Crippen LogP contribution is -2.24. The van der Waals surface area contributed by atoms with Crippen molar-refractivity contribution in [3.05, 3.63) is 93.3 Å². The Kier molecular flexibility index (Phi) is 6.31. The number of aryl methyl sites for hydroxylation is 2. The highest BCUT2D eigenvalue weighted by Gasteiger charge is 2.22. The van der Waals surface area contributed by atoms with E-state index in [4.69, 9.17) is 9.15 Å². The summed E-state index contributed by atoms with van der Waals surface area (Å²) in [6.07, 6.45) is 0. The minimum atomic E-state index is -0.611. The van der Waals surface area contributed by atoms with E-state index >= 15 is 0 Å². The maximum Gasteiger partial charge on any atom is 0.340 e. The summed E-state index contributed by atoms with van der Waals surface area (Å²) >= 11 is 0. The van der Waals surface area contributed by atoms with E-state index in [0.29, 0.717) is 28.0 Å². The van der Waals surface area contributed by atoms with Gasteiger partial charge in [0.2, 0.25) is 0 Å². The molecule has 38 heavy (non-hydrogen) atoms. The number of rotatable bonds is 5. The van der Waals surface area contributed by atoms with E-state index in [2.05, 4.69) is 15.5 Å². The molecule has 0 saturated heterocycles. The van der Waals surface area contributed by atoms with Gasteiger partial charge in [0.15, 0.2) is 5.43 Å². The molecule has 2 N–H and O–H groups in total. The fraction of sp³-hybridized carbons (Fsp3) is 0.258. The second-order valence-corrected chi connectivity index (χ2v) is 10.7. The maximum absolute atomic E-state index is 13.3. The van der Waals surface area contributed by atoms with Gasteiger partial charge in [-0.2, -0.15) is 5.10 Å². The molecule has 2 aromatic heterocycles. The van der Waals surface area contributed by atoms with Crippen molar-refractivity contribution in [3.63, 3.8) is 0 Å². The number of benzene rings is 3. The van der Waals surface area contributed by atoms with Crippen LogP contribution in [0.25, 0.3) is 33.2 Å². The van der Waals surface area contributed by atoms with Gasteiger partial charge in [0.25, 0.3) is 0 Å². The topological polar surface area (TPSA) is 97.2 Å². The molecule has 194 valence electrons. The predicted molar refractivity (Wildman–Crippen MR) is 151 cm³/mol. The molecule has 2 heterocycles. The third kappa shape index (κ3) is 4.92. The molecule has 1 atom stereocenters. The van der Waals surface area contributed by atoms with Gasteiger partial charge in [-0.1, -0.05) is 18.2 Å². The molecule has 0 spiro atoms. The van der Waals surface area contributed by atoms with E-state index in [9.17, 15) is 9.59 Å². The Morgan fingerprint density at radius 1 is 1.03 bits per heavy atom. The lowest BCUT2D eigenvalue weighted by Gasteiger charge is -2.22. The first-order valence-corrected chi connectivity index (χ1v) is 12.6. The Morgan fingerprint density at radius 3 is 2.55 bits per heavy atom. The SMILES string of the molecule is Cc1cc(C(C)Nc2ccccc2C(=O)OC(C)(C)C)c2oc(-c3ccc4[nH]nc(C)c4c3)cc(=O)c2c1. The summed E-state index contributed by atoms with van der Waals surface area (Å²) in [5.74, 6) is 0.0807. The van der Waals surface area contributed by atoms with Gasteiger partial charge in [0, 0.05) is 28.3 Å². The molecule has 0 aliphatic carbocycles. The summed E-state index contributed by atoms with van der Waals surface area (Å²) in [4.78, 5) is 26.1. The van der Waals surface area contributed by atoms with E-state index in [0.717, 1.165) is 33.3 Å². The van der Waals surface area contributed by atoms with Crippen molar-refractivity contribution in [2.45, 2.75) is 53.2 Å². The van der Waals surface area contributed by atoms with Gasteiger partial charge in [0.05, 0.1) is 28.2 Å². The van der Waals surface area contributed by atoms with Gasteiger partial charge in [-0.15, -0.1) is 0 Å². The predicted octanol–water partition coefficient (Wildman–Crippen LogP) is 7.08. The fourth-order valence-corrected chi connectivity index (χ4v) is 4.63. The van der Waals surface area contributed by atoms with Crippen LogP contribution in [-0.4, -0.2) is 21.8 Å². The average molecular weight is 510 g/mol. The summed E-state index contributed by atoms with van der Waals surface area (Å²) in [6, 6.07) is 18.2. The molecule has 0 aliphatic heterocycles. The zero-order valence-corrected chi connectivity index (χ0v) is 22.4. The van der Waals surface area contributed by atoms with Gasteiger partial charge in [-0.05, 0) is 83.5 Å². The van der Waals surface area contributed by atoms with Crippen LogP contribution >= 0.6 is 0 Å². The van der Waals surface area contributed by atoms with Gasteiger partial charge in [-0.25, -0.2) is 4.79 Å². The zero-order chi connectivity index (χ0) is 27.2. The van der Waals surface area contributed by atoms with Crippen LogP contribution in [0, 0.1) is 13.8 Å². The normalized spacial score (nSPS) is 12.6. The summed E-state index contributed by atoms with van der Waals surface area (Å²) in [7, 11) is 0. The van der Waals surface area contributed by atoms with E-state index in [1.165, 1.54) is 6.07 Å². The molecule has 0 fully saturated rings. The number of nitrogens with one attached hydrogen (secondary N) is 2. The number of aromatic nitrogens is 2. The molecule has 0 aliphatic rings. The summed E-state index contributed by atoms with van der Waals surface area (Å²) in [5.41, 5.74) is 5.23. The van der Waals surface area contributed by atoms with Crippen LogP contribution in [0.3, 0.4) is 0 Å². The van der Waals surface area contributed by atoms with Crippen molar-refractivity contribution in [3.8, 4) is 11.3 Å². The molecule has 5 rings (SSSR count). The number of nitrogens with zero attached hydrogens (tertiary/aromatic N) is 1. The fourth-order valence-electron chi connectivity index (χ4n) is 4.63. The van der Waals surface area contributed by atoms with Crippen molar-refractivity contribution >= 4 is 33.5 Å². The number of ether oxygens (including phenoxy) is 1. The lowest BCUT2D eigenvalue weighted by molar-refractivity contribution is 0.00706. The van der Waals surface area contributed by atoms with E-state index in [-0.39, 0.29) is 11.5 Å². The number of carbonyl (C=O) groups is 1. The Hall–Kier alpha value is -4.39. The first-order valence-electron chi connectivity index (χ1n) is 12.6. The monoisotopic (exact) mass is 509 g/mol. The number of H-pyrrole nitrogens is 1. The standard InChI is InChI=1S/C31H31N3O4/c1-17-13-23(18(2)32-25-10-8-7-9-21(25)30(36)38-31(4,5)6)29-24(14-17)27(35)16-28(37-29)20-11-12-26-22(15-20)19(3)33-34-26/h7-16,18,32H,1-6H3,(H,33,34). The molecule has 0 amide bonds. The molecule has 1 unspecified atom stereocenters. The number of hydrogen-bond donors (Lipinski definition) is 2.